The molecule has 2 saturated carbocycles. The normalized spacial score (nSPS) is 21.1. The first-order valence-corrected chi connectivity index (χ1v) is 13.9. The highest BCUT2D eigenvalue weighted by atomic mass is 35.5. The lowest BCUT2D eigenvalue weighted by Crippen LogP contribution is -2.51. The summed E-state index contributed by atoms with van der Waals surface area (Å²) < 4.78 is 35.1. The van der Waals surface area contributed by atoms with Gasteiger partial charge in [-0.15, -0.1) is 0 Å². The Balaban J connectivity index is 1.40. The predicted octanol–water partition coefficient (Wildman–Crippen LogP) is 3.46. The summed E-state index contributed by atoms with van der Waals surface area (Å²) in [5, 5.41) is 4.68. The van der Waals surface area contributed by atoms with Crippen molar-refractivity contribution in [2.45, 2.75) is 50.7 Å². The monoisotopic (exact) mass is 506 g/mol. The van der Waals surface area contributed by atoms with Crippen molar-refractivity contribution in [3.63, 3.8) is 0 Å². The molecule has 10 heteroatoms. The molecule has 1 saturated heterocycles. The average molecular weight is 507 g/mol. The van der Waals surface area contributed by atoms with E-state index < -0.39 is 10.0 Å². The predicted molar refractivity (Wildman–Crippen MR) is 133 cm³/mol. The van der Waals surface area contributed by atoms with Crippen LogP contribution in [0.4, 0.5) is 5.69 Å². The number of piperazine rings is 1. The molecule has 0 N–H and O–H groups in total. The first kappa shape index (κ1) is 23.6. The Morgan fingerprint density at radius 3 is 2.50 bits per heavy atom. The maximum absolute atomic E-state index is 13.5. The molecule has 3 aliphatic rings. The fourth-order valence-electron chi connectivity index (χ4n) is 4.77. The van der Waals surface area contributed by atoms with Gasteiger partial charge >= 0.3 is 5.56 Å². The lowest BCUT2D eigenvalue weighted by Gasteiger charge is -2.36. The molecule has 2 aromatic rings. The zero-order valence-corrected chi connectivity index (χ0v) is 21.0. The third-order valence-electron chi connectivity index (χ3n) is 7.30. The maximum Gasteiger partial charge on any atom is 0.316 e. The van der Waals surface area contributed by atoms with E-state index in [1.165, 1.54) is 4.68 Å². The van der Waals surface area contributed by atoms with E-state index in [4.69, 9.17) is 16.3 Å². The molecule has 1 aromatic carbocycles. The van der Waals surface area contributed by atoms with E-state index in [0.717, 1.165) is 38.5 Å². The highest BCUT2D eigenvalue weighted by Crippen LogP contribution is 2.45. The van der Waals surface area contributed by atoms with Crippen LogP contribution in [0.1, 0.15) is 45.4 Å². The molecule has 2 heterocycles. The summed E-state index contributed by atoms with van der Waals surface area (Å²) in [6.45, 7) is 4.38. The molecule has 34 heavy (non-hydrogen) atoms. The molecule has 5 rings (SSSR count). The van der Waals surface area contributed by atoms with E-state index in [2.05, 4.69) is 12.0 Å². The summed E-state index contributed by atoms with van der Waals surface area (Å²) >= 11 is 6.13. The van der Waals surface area contributed by atoms with Crippen molar-refractivity contribution in [1.29, 1.82) is 0 Å². The van der Waals surface area contributed by atoms with Gasteiger partial charge in [0.05, 0.1) is 23.7 Å². The van der Waals surface area contributed by atoms with Crippen molar-refractivity contribution in [3.8, 4) is 11.4 Å². The van der Waals surface area contributed by atoms with Crippen LogP contribution < -0.4 is 15.2 Å². The van der Waals surface area contributed by atoms with Crippen LogP contribution in [0.25, 0.3) is 5.69 Å². The molecular formula is C24H31ClN4O4S. The van der Waals surface area contributed by atoms with Gasteiger partial charge in [-0.1, -0.05) is 37.4 Å². The Morgan fingerprint density at radius 2 is 1.85 bits per heavy atom. The zero-order valence-electron chi connectivity index (χ0n) is 19.5. The maximum atomic E-state index is 13.5. The fourth-order valence-corrected chi connectivity index (χ4v) is 6.97. The number of ether oxygens (including phenoxy) is 1. The number of hydrogen-bond acceptors (Lipinski definition) is 6. The Hall–Kier alpha value is -2.10. The largest absolute Gasteiger partial charge is 0.486 e. The van der Waals surface area contributed by atoms with Crippen LogP contribution in [0.2, 0.25) is 5.02 Å². The molecule has 0 radical (unpaired) electrons. The van der Waals surface area contributed by atoms with Gasteiger partial charge in [0, 0.05) is 36.6 Å². The Kier molecular flexibility index (Phi) is 6.37. The lowest BCUT2D eigenvalue weighted by molar-refractivity contribution is 0.242. The number of rotatable bonds is 7. The van der Waals surface area contributed by atoms with Crippen LogP contribution >= 0.6 is 11.6 Å². The molecule has 0 atom stereocenters. The summed E-state index contributed by atoms with van der Waals surface area (Å²) in [7, 11) is -3.27. The minimum atomic E-state index is -3.27. The number of sulfonamides is 1. The summed E-state index contributed by atoms with van der Waals surface area (Å²) in [5.41, 5.74) is 0.941. The fraction of sp³-hybridized carbons (Fsp3) is 0.583. The molecule has 1 aromatic heterocycles. The summed E-state index contributed by atoms with van der Waals surface area (Å²) in [5.74, 6) is 0.259. The molecule has 0 unspecified atom stereocenters. The van der Waals surface area contributed by atoms with Crippen molar-refractivity contribution >= 4 is 27.3 Å². The minimum Gasteiger partial charge on any atom is -0.486 e. The summed E-state index contributed by atoms with van der Waals surface area (Å²) in [6.07, 6.45) is 7.28. The highest BCUT2D eigenvalue weighted by molar-refractivity contribution is 7.89. The van der Waals surface area contributed by atoms with E-state index in [0.29, 0.717) is 49.2 Å². The minimum absolute atomic E-state index is 0.0991. The first-order valence-electron chi connectivity index (χ1n) is 12.0. The highest BCUT2D eigenvalue weighted by Gasteiger charge is 2.39. The second-order valence-electron chi connectivity index (χ2n) is 9.99. The van der Waals surface area contributed by atoms with Crippen LogP contribution in [-0.2, 0) is 10.0 Å². The first-order chi connectivity index (χ1) is 16.3. The van der Waals surface area contributed by atoms with Crippen LogP contribution in [0.15, 0.2) is 35.3 Å². The van der Waals surface area contributed by atoms with Crippen molar-refractivity contribution in [2.75, 3.05) is 37.7 Å². The van der Waals surface area contributed by atoms with Crippen LogP contribution in [0.5, 0.6) is 5.75 Å². The van der Waals surface area contributed by atoms with Gasteiger partial charge in [-0.25, -0.2) is 8.42 Å². The third-order valence-corrected chi connectivity index (χ3v) is 9.93. The second kappa shape index (κ2) is 9.17. The molecule has 2 aliphatic carbocycles. The van der Waals surface area contributed by atoms with E-state index >= 15 is 0 Å². The Morgan fingerprint density at radius 1 is 1.15 bits per heavy atom. The number of anilines is 1. The van der Waals surface area contributed by atoms with Gasteiger partial charge in [-0.3, -0.25) is 4.79 Å². The number of aromatic nitrogens is 2. The van der Waals surface area contributed by atoms with Crippen molar-refractivity contribution in [2.24, 2.45) is 5.41 Å². The van der Waals surface area contributed by atoms with Gasteiger partial charge in [0.25, 0.3) is 0 Å². The zero-order chi connectivity index (χ0) is 23.9. The lowest BCUT2D eigenvalue weighted by atomic mass is 10.2. The molecule has 0 bridgehead atoms. The molecule has 184 valence electrons. The van der Waals surface area contributed by atoms with E-state index in [1.54, 1.807) is 34.8 Å². The number of halogens is 1. The Labute approximate surface area is 205 Å². The van der Waals surface area contributed by atoms with E-state index in [-0.39, 0.29) is 22.0 Å². The number of benzene rings is 1. The van der Waals surface area contributed by atoms with Crippen molar-refractivity contribution < 1.29 is 13.2 Å². The van der Waals surface area contributed by atoms with Crippen LogP contribution in [0, 0.1) is 5.41 Å². The quantitative estimate of drug-likeness (QED) is 0.571. The topological polar surface area (TPSA) is 84.7 Å². The SMILES string of the molecule is CC1(COc2c(N3CCN(S(=O)(=O)C4CCCC4)CC3)cnn(-c3cccc(Cl)c3)c2=O)CC1. The summed E-state index contributed by atoms with van der Waals surface area (Å²) in [6, 6.07) is 6.98. The van der Waals surface area contributed by atoms with Crippen molar-refractivity contribution in [1.82, 2.24) is 14.1 Å². The smallest absolute Gasteiger partial charge is 0.316 e. The van der Waals surface area contributed by atoms with Crippen LogP contribution in [0.3, 0.4) is 0 Å². The van der Waals surface area contributed by atoms with Gasteiger partial charge < -0.3 is 9.64 Å². The van der Waals surface area contributed by atoms with Gasteiger partial charge in [-0.05, 0) is 43.9 Å². The molecule has 3 fully saturated rings. The molecular weight excluding hydrogens is 476 g/mol. The van der Waals surface area contributed by atoms with Gasteiger partial charge in [0.15, 0.2) is 0 Å². The standard InChI is InChI=1S/C24H31ClN4O4S/c1-24(9-10-24)17-33-22-21(16-26-29(23(22)30)19-6-4-5-18(25)15-19)27-11-13-28(14-12-27)34(31,32)20-7-2-3-8-20/h4-6,15-16,20H,2-3,7-14,17H2,1H3. The number of nitrogens with zero attached hydrogens (tertiary/aromatic N) is 4. The van der Waals surface area contributed by atoms with Gasteiger partial charge in [-0.2, -0.15) is 14.1 Å². The molecule has 0 spiro atoms. The van der Waals surface area contributed by atoms with Gasteiger partial charge in [0.1, 0.15) is 5.69 Å². The van der Waals surface area contributed by atoms with Crippen LogP contribution in [-0.4, -0.2) is 60.5 Å². The van der Waals surface area contributed by atoms with E-state index in [9.17, 15) is 13.2 Å². The van der Waals surface area contributed by atoms with Gasteiger partial charge in [0.2, 0.25) is 15.8 Å². The van der Waals surface area contributed by atoms with Crippen molar-refractivity contribution in [3.05, 3.63) is 45.8 Å². The third kappa shape index (κ3) is 4.70. The molecule has 1 aliphatic heterocycles. The molecule has 8 nitrogen and oxygen atoms in total. The van der Waals surface area contributed by atoms with E-state index in [1.807, 2.05) is 4.90 Å². The summed E-state index contributed by atoms with van der Waals surface area (Å²) in [4.78, 5) is 15.5. The average Bonchev–Trinajstić information content (AvgIpc) is 3.31. The molecule has 0 amide bonds. The Bertz CT molecular complexity index is 1210. The second-order valence-corrected chi connectivity index (χ2v) is 12.6. The number of hydrogen-bond donors (Lipinski definition) is 0.